The van der Waals surface area contributed by atoms with Gasteiger partial charge in [0.25, 0.3) is 5.71 Å². The van der Waals surface area contributed by atoms with E-state index < -0.39 is 11.6 Å². The van der Waals surface area contributed by atoms with Crippen LogP contribution >= 0.6 is 0 Å². The third kappa shape index (κ3) is 2.16. The molecule has 112 valence electrons. The van der Waals surface area contributed by atoms with Crippen LogP contribution in [0.4, 0.5) is 8.78 Å². The van der Waals surface area contributed by atoms with Gasteiger partial charge in [0.15, 0.2) is 5.69 Å². The molecule has 0 spiro atoms. The lowest BCUT2D eigenvalue weighted by Gasteiger charge is -2.14. The first-order valence-corrected chi connectivity index (χ1v) is 7.01. The summed E-state index contributed by atoms with van der Waals surface area (Å²) < 4.78 is 34.8. The second-order valence-electron chi connectivity index (χ2n) is 5.38. The number of pyridine rings is 2. The molecule has 0 unspecified atom stereocenters. The smallest absolute Gasteiger partial charge is 0.319 e. The molecule has 0 N–H and O–H groups in total. The van der Waals surface area contributed by atoms with Gasteiger partial charge in [-0.3, -0.25) is 4.98 Å². The zero-order chi connectivity index (χ0) is 16.0. The normalized spacial score (nSPS) is 12.1. The summed E-state index contributed by atoms with van der Waals surface area (Å²) in [5, 5.41) is 4.43. The zero-order valence-corrected chi connectivity index (χ0v) is 12.1. The molecule has 4 aromatic rings. The molecule has 0 aliphatic carbocycles. The van der Waals surface area contributed by atoms with Crippen LogP contribution in [0, 0.1) is 0 Å². The Hall–Kier alpha value is -2.83. The number of alkyl halides is 2. The third-order valence-corrected chi connectivity index (χ3v) is 3.73. The highest BCUT2D eigenvalue weighted by molar-refractivity contribution is 6.32. The van der Waals surface area contributed by atoms with Crippen LogP contribution < -0.4 is 5.46 Å². The molecular formula is C16H10BF2N3O. The Morgan fingerprint density at radius 1 is 1.09 bits per heavy atom. The minimum Gasteiger partial charge on any atom is -0.335 e. The maximum Gasteiger partial charge on any atom is 0.319 e. The van der Waals surface area contributed by atoms with Crippen molar-refractivity contribution in [3.63, 3.8) is 0 Å². The summed E-state index contributed by atoms with van der Waals surface area (Å²) in [5.74, 6) is -3.29. The molecule has 23 heavy (non-hydrogen) atoms. The fourth-order valence-electron chi connectivity index (χ4n) is 2.57. The molecule has 0 saturated carbocycles. The highest BCUT2D eigenvalue weighted by Crippen LogP contribution is 2.38. The Bertz CT molecular complexity index is 1030. The van der Waals surface area contributed by atoms with E-state index in [2.05, 4.69) is 15.1 Å². The van der Waals surface area contributed by atoms with E-state index in [-0.39, 0.29) is 16.7 Å². The van der Waals surface area contributed by atoms with Crippen molar-refractivity contribution in [2.45, 2.75) is 5.92 Å². The standard InChI is InChI=1S/C16H10BF2N3O/c17-11-7-12-14(22-23-15(12)21-8-11)16(18,19)10-3-4-13-9(6-10)2-1-5-20-13/h1-8H,17H2. The molecular weight excluding hydrogens is 299 g/mol. The van der Waals surface area contributed by atoms with Crippen molar-refractivity contribution in [1.29, 1.82) is 0 Å². The van der Waals surface area contributed by atoms with Gasteiger partial charge in [-0.2, -0.15) is 8.78 Å². The van der Waals surface area contributed by atoms with Crippen molar-refractivity contribution in [2.24, 2.45) is 0 Å². The van der Waals surface area contributed by atoms with E-state index in [0.29, 0.717) is 10.9 Å². The first kappa shape index (κ1) is 13.8. The summed E-state index contributed by atoms with van der Waals surface area (Å²) >= 11 is 0. The van der Waals surface area contributed by atoms with Gasteiger partial charge < -0.3 is 4.52 Å². The van der Waals surface area contributed by atoms with Crippen molar-refractivity contribution in [3.8, 4) is 0 Å². The first-order valence-electron chi connectivity index (χ1n) is 7.01. The summed E-state index contributed by atoms with van der Waals surface area (Å²) in [5.41, 5.74) is 0.949. The van der Waals surface area contributed by atoms with Crippen LogP contribution in [0.5, 0.6) is 0 Å². The largest absolute Gasteiger partial charge is 0.335 e. The van der Waals surface area contributed by atoms with E-state index in [1.54, 1.807) is 44.5 Å². The zero-order valence-electron chi connectivity index (χ0n) is 12.1. The van der Waals surface area contributed by atoms with Crippen LogP contribution in [0.15, 0.2) is 53.3 Å². The second-order valence-corrected chi connectivity index (χ2v) is 5.38. The minimum atomic E-state index is -3.29. The Balaban J connectivity index is 1.91. The first-order chi connectivity index (χ1) is 11.1. The van der Waals surface area contributed by atoms with Crippen LogP contribution in [0.25, 0.3) is 22.0 Å². The van der Waals surface area contributed by atoms with Crippen molar-refractivity contribution >= 4 is 35.3 Å². The lowest BCUT2D eigenvalue weighted by Crippen LogP contribution is -2.16. The van der Waals surface area contributed by atoms with Crippen molar-refractivity contribution in [3.05, 3.63) is 60.0 Å². The highest BCUT2D eigenvalue weighted by Gasteiger charge is 2.39. The summed E-state index contributed by atoms with van der Waals surface area (Å²) in [4.78, 5) is 8.13. The molecule has 1 aromatic carbocycles. The number of hydrogen-bond donors (Lipinski definition) is 0. The maximum atomic E-state index is 14.9. The number of fused-ring (bicyclic) bond motifs is 2. The molecule has 7 heteroatoms. The number of rotatable bonds is 2. The van der Waals surface area contributed by atoms with Gasteiger partial charge in [-0.05, 0) is 18.2 Å². The van der Waals surface area contributed by atoms with Gasteiger partial charge in [-0.25, -0.2) is 4.98 Å². The van der Waals surface area contributed by atoms with Gasteiger partial charge in [0, 0.05) is 23.3 Å². The van der Waals surface area contributed by atoms with E-state index in [0.717, 1.165) is 5.46 Å². The van der Waals surface area contributed by atoms with Crippen molar-refractivity contribution in [1.82, 2.24) is 15.1 Å². The van der Waals surface area contributed by atoms with Crippen LogP contribution in [-0.2, 0) is 5.92 Å². The van der Waals surface area contributed by atoms with Crippen LogP contribution in [0.2, 0.25) is 0 Å². The second kappa shape index (κ2) is 4.84. The predicted molar refractivity (Wildman–Crippen MR) is 84.7 cm³/mol. The van der Waals surface area contributed by atoms with Crippen LogP contribution in [0.3, 0.4) is 0 Å². The van der Waals surface area contributed by atoms with Gasteiger partial charge in [-0.1, -0.05) is 28.8 Å². The van der Waals surface area contributed by atoms with E-state index >= 15 is 0 Å². The third-order valence-electron chi connectivity index (χ3n) is 3.73. The molecule has 4 rings (SSSR count). The number of halogens is 2. The van der Waals surface area contributed by atoms with E-state index in [1.807, 2.05) is 0 Å². The lowest BCUT2D eigenvalue weighted by molar-refractivity contribution is 0.0362. The van der Waals surface area contributed by atoms with Gasteiger partial charge >= 0.3 is 5.92 Å². The number of aromatic nitrogens is 3. The number of hydrogen-bond acceptors (Lipinski definition) is 4. The molecule has 0 radical (unpaired) electrons. The molecule has 0 bridgehead atoms. The topological polar surface area (TPSA) is 51.8 Å². The van der Waals surface area contributed by atoms with Gasteiger partial charge in [0.1, 0.15) is 7.85 Å². The lowest BCUT2D eigenvalue weighted by atomic mass is 9.95. The highest BCUT2D eigenvalue weighted by atomic mass is 19.3. The molecule has 0 amide bonds. The van der Waals surface area contributed by atoms with E-state index in [9.17, 15) is 8.78 Å². The fraction of sp³-hybridized carbons (Fsp3) is 0.0625. The van der Waals surface area contributed by atoms with Crippen molar-refractivity contribution in [2.75, 3.05) is 0 Å². The Labute approximate surface area is 130 Å². The average molecular weight is 309 g/mol. The number of benzene rings is 1. The predicted octanol–water partition coefficient (Wildman–Crippen LogP) is 2.17. The average Bonchev–Trinajstić information content (AvgIpc) is 2.98. The molecule has 0 aliphatic rings. The molecule has 4 nitrogen and oxygen atoms in total. The van der Waals surface area contributed by atoms with Gasteiger partial charge in [-0.15, -0.1) is 0 Å². The van der Waals surface area contributed by atoms with Crippen LogP contribution in [-0.4, -0.2) is 23.0 Å². The minimum absolute atomic E-state index is 0.104. The molecule has 3 aromatic heterocycles. The molecule has 3 heterocycles. The molecule has 0 saturated heterocycles. The quantitative estimate of drug-likeness (QED) is 0.533. The van der Waals surface area contributed by atoms with Gasteiger partial charge in [0.2, 0.25) is 0 Å². The number of nitrogens with zero attached hydrogens (tertiary/aromatic N) is 3. The Morgan fingerprint density at radius 3 is 2.83 bits per heavy atom. The molecule has 0 aliphatic heterocycles. The summed E-state index contributed by atoms with van der Waals surface area (Å²) in [6.07, 6.45) is 3.18. The van der Waals surface area contributed by atoms with E-state index in [1.165, 1.54) is 12.1 Å². The Kier molecular flexibility index (Phi) is 2.91. The van der Waals surface area contributed by atoms with Crippen LogP contribution in [0.1, 0.15) is 11.3 Å². The fourth-order valence-corrected chi connectivity index (χ4v) is 2.57. The summed E-state index contributed by atoms with van der Waals surface area (Å²) in [6, 6.07) is 9.41. The Morgan fingerprint density at radius 2 is 1.96 bits per heavy atom. The summed E-state index contributed by atoms with van der Waals surface area (Å²) in [6.45, 7) is 0. The molecule has 0 atom stereocenters. The maximum absolute atomic E-state index is 14.9. The molecule has 0 fully saturated rings. The SMILES string of the molecule is Bc1cnc2onc(C(F)(F)c3ccc4ncccc4c3)c2c1. The van der Waals surface area contributed by atoms with Crippen molar-refractivity contribution < 1.29 is 13.3 Å². The van der Waals surface area contributed by atoms with Gasteiger partial charge in [0.05, 0.1) is 10.9 Å². The summed E-state index contributed by atoms with van der Waals surface area (Å²) in [7, 11) is 1.78. The monoisotopic (exact) mass is 309 g/mol. The van der Waals surface area contributed by atoms with E-state index in [4.69, 9.17) is 4.52 Å².